The first-order valence-corrected chi connectivity index (χ1v) is 11.6. The van der Waals surface area contributed by atoms with E-state index in [1.807, 2.05) is 58.0 Å². The zero-order chi connectivity index (χ0) is 25.9. The van der Waals surface area contributed by atoms with Crippen LogP contribution in [0.4, 0.5) is 11.5 Å². The number of methoxy groups -OCH3 is 1. The van der Waals surface area contributed by atoms with Gasteiger partial charge in [0.2, 0.25) is 5.88 Å². The Morgan fingerprint density at radius 3 is 2.61 bits per heavy atom. The van der Waals surface area contributed by atoms with Gasteiger partial charge in [0.05, 0.1) is 18.5 Å². The number of benzene rings is 2. The molecule has 188 valence electrons. The lowest BCUT2D eigenvalue weighted by atomic mass is 10.0. The monoisotopic (exact) mass is 489 g/mol. The van der Waals surface area contributed by atoms with Crippen molar-refractivity contribution in [2.45, 2.75) is 33.2 Å². The molecule has 0 saturated carbocycles. The van der Waals surface area contributed by atoms with Crippen molar-refractivity contribution in [2.24, 2.45) is 0 Å². The van der Waals surface area contributed by atoms with Crippen molar-refractivity contribution >= 4 is 23.1 Å². The number of amides is 1. The number of fused-ring (bicyclic) bond motifs is 1. The van der Waals surface area contributed by atoms with Gasteiger partial charge in [0, 0.05) is 30.3 Å². The number of rotatable bonds is 8. The van der Waals surface area contributed by atoms with Crippen LogP contribution >= 0.6 is 0 Å². The van der Waals surface area contributed by atoms with Crippen LogP contribution in [-0.2, 0) is 4.74 Å². The van der Waals surface area contributed by atoms with E-state index in [0.29, 0.717) is 47.6 Å². The third-order valence-corrected chi connectivity index (χ3v) is 5.47. The van der Waals surface area contributed by atoms with Gasteiger partial charge in [-0.05, 0) is 63.6 Å². The topological polar surface area (TPSA) is 104 Å². The number of hydrogen-bond acceptors (Lipinski definition) is 7. The molecule has 9 nitrogen and oxygen atoms in total. The number of imidazole rings is 1. The van der Waals surface area contributed by atoms with Gasteiger partial charge < -0.3 is 24.8 Å². The maximum atomic E-state index is 13.8. The molecule has 0 bridgehead atoms. The fourth-order valence-corrected chi connectivity index (χ4v) is 3.82. The number of nitrogens with two attached hydrogens (primary N) is 1. The highest BCUT2D eigenvalue weighted by Crippen LogP contribution is 2.34. The number of carbonyl (C=O) groups is 1. The van der Waals surface area contributed by atoms with Gasteiger partial charge in [-0.3, -0.25) is 4.79 Å². The Bertz CT molecular complexity index is 1380. The molecular weight excluding hydrogens is 458 g/mol. The van der Waals surface area contributed by atoms with Crippen molar-refractivity contribution in [3.63, 3.8) is 0 Å². The quantitative estimate of drug-likeness (QED) is 0.352. The number of aryl methyl sites for hydroxylation is 1. The highest BCUT2D eigenvalue weighted by Gasteiger charge is 2.30. The van der Waals surface area contributed by atoms with E-state index in [-0.39, 0.29) is 5.91 Å². The van der Waals surface area contributed by atoms with E-state index < -0.39 is 5.54 Å². The van der Waals surface area contributed by atoms with E-state index in [9.17, 15) is 4.79 Å². The van der Waals surface area contributed by atoms with Crippen molar-refractivity contribution in [1.82, 2.24) is 14.6 Å². The third-order valence-electron chi connectivity index (χ3n) is 5.47. The SMILES string of the molecule is COCCOc1cccc(C(=O)N(c2cc(Oc3ccc4nc(N)cn4n3)ccc2C)C(C)(C)C)c1. The third kappa shape index (κ3) is 5.58. The summed E-state index contributed by atoms with van der Waals surface area (Å²) in [6.45, 7) is 8.82. The highest BCUT2D eigenvalue weighted by atomic mass is 16.5. The maximum absolute atomic E-state index is 13.8. The molecule has 0 unspecified atom stereocenters. The number of anilines is 2. The van der Waals surface area contributed by atoms with Crippen molar-refractivity contribution < 1.29 is 19.0 Å². The first kappa shape index (κ1) is 25.0. The first-order chi connectivity index (χ1) is 17.2. The summed E-state index contributed by atoms with van der Waals surface area (Å²) in [4.78, 5) is 19.8. The zero-order valence-corrected chi connectivity index (χ0v) is 21.2. The minimum Gasteiger partial charge on any atom is -0.491 e. The molecule has 0 radical (unpaired) electrons. The molecule has 0 saturated heterocycles. The smallest absolute Gasteiger partial charge is 0.258 e. The van der Waals surface area contributed by atoms with E-state index in [0.717, 1.165) is 11.3 Å². The Morgan fingerprint density at radius 1 is 1.06 bits per heavy atom. The lowest BCUT2D eigenvalue weighted by Crippen LogP contribution is -2.46. The highest BCUT2D eigenvalue weighted by molar-refractivity contribution is 6.07. The largest absolute Gasteiger partial charge is 0.491 e. The molecule has 9 heteroatoms. The molecule has 2 aromatic heterocycles. The predicted octanol–water partition coefficient (Wildman–Crippen LogP) is 4.88. The second-order valence-corrected chi connectivity index (χ2v) is 9.37. The Hall–Kier alpha value is -4.11. The van der Waals surface area contributed by atoms with Gasteiger partial charge in [-0.1, -0.05) is 12.1 Å². The van der Waals surface area contributed by atoms with Gasteiger partial charge in [0.25, 0.3) is 5.91 Å². The molecule has 0 atom stereocenters. The summed E-state index contributed by atoms with van der Waals surface area (Å²) >= 11 is 0. The number of nitrogen functional groups attached to an aromatic ring is 1. The van der Waals surface area contributed by atoms with Crippen LogP contribution in [-0.4, -0.2) is 46.4 Å². The van der Waals surface area contributed by atoms with Crippen LogP contribution < -0.4 is 20.1 Å². The molecule has 2 N–H and O–H groups in total. The summed E-state index contributed by atoms with van der Waals surface area (Å²) in [6.07, 6.45) is 1.62. The van der Waals surface area contributed by atoms with Gasteiger partial charge in [0.1, 0.15) is 23.9 Å². The van der Waals surface area contributed by atoms with Crippen LogP contribution in [0.15, 0.2) is 60.8 Å². The van der Waals surface area contributed by atoms with Crippen LogP contribution in [0.2, 0.25) is 0 Å². The summed E-state index contributed by atoms with van der Waals surface area (Å²) < 4.78 is 18.4. The molecule has 4 aromatic rings. The Morgan fingerprint density at radius 2 is 1.86 bits per heavy atom. The van der Waals surface area contributed by atoms with Gasteiger partial charge in [-0.2, -0.15) is 0 Å². The van der Waals surface area contributed by atoms with Crippen LogP contribution in [0, 0.1) is 6.92 Å². The standard InChI is InChI=1S/C27H31N5O4/c1-18-9-10-21(36-25-12-11-24-29-23(28)17-31(24)30-25)16-22(18)32(27(2,3)4)26(33)19-7-6-8-20(15-19)35-14-13-34-5/h6-12,15-17H,13-14,28H2,1-5H3. The second kappa shape index (κ2) is 10.2. The molecule has 0 aliphatic heterocycles. The average Bonchev–Trinajstić information content (AvgIpc) is 3.20. The molecule has 4 rings (SSSR count). The molecule has 0 fully saturated rings. The second-order valence-electron chi connectivity index (χ2n) is 9.37. The number of aromatic nitrogens is 3. The summed E-state index contributed by atoms with van der Waals surface area (Å²) in [5, 5.41) is 4.41. The van der Waals surface area contributed by atoms with Crippen molar-refractivity contribution in [3.8, 4) is 17.4 Å². The molecule has 0 aliphatic rings. The number of hydrogen-bond donors (Lipinski definition) is 1. The number of nitrogens with zero attached hydrogens (tertiary/aromatic N) is 4. The Kier molecular flexibility index (Phi) is 7.12. The fraction of sp³-hybridized carbons (Fsp3) is 0.296. The Labute approximate surface area is 210 Å². The van der Waals surface area contributed by atoms with E-state index in [1.165, 1.54) is 0 Å². The first-order valence-electron chi connectivity index (χ1n) is 11.6. The summed E-state index contributed by atoms with van der Waals surface area (Å²) in [7, 11) is 1.62. The van der Waals surface area contributed by atoms with Gasteiger partial charge in [-0.15, -0.1) is 5.10 Å². The van der Waals surface area contributed by atoms with Crippen LogP contribution in [0.25, 0.3) is 5.65 Å². The molecular formula is C27H31N5O4. The zero-order valence-electron chi connectivity index (χ0n) is 21.2. The molecule has 0 aliphatic carbocycles. The lowest BCUT2D eigenvalue weighted by molar-refractivity contribution is 0.0965. The molecule has 2 heterocycles. The Balaban J connectivity index is 1.65. The molecule has 2 aromatic carbocycles. The van der Waals surface area contributed by atoms with Crippen LogP contribution in [0.5, 0.6) is 17.4 Å². The molecule has 0 spiro atoms. The summed E-state index contributed by atoms with van der Waals surface area (Å²) in [5.74, 6) is 1.78. The average molecular weight is 490 g/mol. The lowest BCUT2D eigenvalue weighted by Gasteiger charge is -2.37. The van der Waals surface area contributed by atoms with E-state index in [4.69, 9.17) is 19.9 Å². The van der Waals surface area contributed by atoms with Crippen molar-refractivity contribution in [3.05, 3.63) is 71.9 Å². The molecule has 1 amide bonds. The normalized spacial score (nSPS) is 11.5. The van der Waals surface area contributed by atoms with Crippen molar-refractivity contribution in [2.75, 3.05) is 31.0 Å². The summed E-state index contributed by atoms with van der Waals surface area (Å²) in [5.41, 5.74) is 8.07. The van der Waals surface area contributed by atoms with Crippen LogP contribution in [0.3, 0.4) is 0 Å². The molecule has 36 heavy (non-hydrogen) atoms. The maximum Gasteiger partial charge on any atom is 0.258 e. The summed E-state index contributed by atoms with van der Waals surface area (Å²) in [6, 6.07) is 16.3. The minimum absolute atomic E-state index is 0.145. The number of carbonyl (C=O) groups excluding carboxylic acids is 1. The van der Waals surface area contributed by atoms with Gasteiger partial charge >= 0.3 is 0 Å². The number of ether oxygens (including phenoxy) is 3. The van der Waals surface area contributed by atoms with Gasteiger partial charge in [-0.25, -0.2) is 9.50 Å². The van der Waals surface area contributed by atoms with E-state index in [1.54, 1.807) is 47.0 Å². The van der Waals surface area contributed by atoms with Crippen molar-refractivity contribution in [1.29, 1.82) is 0 Å². The fourth-order valence-electron chi connectivity index (χ4n) is 3.82. The van der Waals surface area contributed by atoms with E-state index in [2.05, 4.69) is 10.1 Å². The van der Waals surface area contributed by atoms with Crippen LogP contribution in [0.1, 0.15) is 36.7 Å². The minimum atomic E-state index is -0.515. The van der Waals surface area contributed by atoms with Gasteiger partial charge in [0.15, 0.2) is 5.65 Å². The predicted molar refractivity (Wildman–Crippen MR) is 139 cm³/mol. The van der Waals surface area contributed by atoms with E-state index >= 15 is 0 Å².